The number of nitrogens with two attached hydrogens (primary N) is 2. The molecule has 0 aliphatic carbocycles. The monoisotopic (exact) mass is 245 g/mol. The minimum absolute atomic E-state index is 0.0605. The fourth-order valence-electron chi connectivity index (χ4n) is 1.23. The van der Waals surface area contributed by atoms with Crippen LogP contribution in [0.3, 0.4) is 0 Å². The van der Waals surface area contributed by atoms with E-state index in [9.17, 15) is 8.42 Å². The molecule has 0 heterocycles. The largest absolute Gasteiger partial charge is 0.396 e. The number of hydrogen-bond donors (Lipinski definition) is 4. The van der Waals surface area contributed by atoms with Gasteiger partial charge >= 0.3 is 0 Å². The van der Waals surface area contributed by atoms with Gasteiger partial charge in [0.25, 0.3) is 0 Å². The van der Waals surface area contributed by atoms with Crippen molar-refractivity contribution in [1.82, 2.24) is 0 Å². The molecule has 90 valence electrons. The third kappa shape index (κ3) is 2.84. The molecule has 0 aromatic heterocycles. The molecule has 1 aromatic carbocycles. The van der Waals surface area contributed by atoms with E-state index in [4.69, 9.17) is 16.0 Å². The van der Waals surface area contributed by atoms with Crippen molar-refractivity contribution >= 4 is 21.4 Å². The summed E-state index contributed by atoms with van der Waals surface area (Å²) in [7, 11) is -3.83. The third-order valence-corrected chi connectivity index (χ3v) is 3.02. The number of nitrogen functional groups attached to an aromatic ring is 1. The number of primary sulfonamides is 1. The topological polar surface area (TPSA) is 118 Å². The smallest absolute Gasteiger partial charge is 0.240 e. The number of hydrogen-bond acceptors (Lipinski definition) is 5. The Morgan fingerprint density at radius 3 is 2.62 bits per heavy atom. The van der Waals surface area contributed by atoms with Crippen LogP contribution in [0.25, 0.3) is 0 Å². The van der Waals surface area contributed by atoms with Crippen molar-refractivity contribution in [3.05, 3.63) is 18.2 Å². The lowest BCUT2D eigenvalue weighted by Crippen LogP contribution is -2.21. The molecule has 0 aliphatic heterocycles. The van der Waals surface area contributed by atoms with E-state index in [0.29, 0.717) is 5.69 Å². The SMILES string of the molecule is CC(CO)Nc1cccc(S(N)(=O)=O)c1N. The van der Waals surface area contributed by atoms with Gasteiger partial charge in [-0.05, 0) is 19.1 Å². The van der Waals surface area contributed by atoms with Crippen molar-refractivity contribution in [3.63, 3.8) is 0 Å². The summed E-state index contributed by atoms with van der Waals surface area (Å²) in [5.41, 5.74) is 6.17. The van der Waals surface area contributed by atoms with Crippen molar-refractivity contribution in [2.24, 2.45) is 5.14 Å². The number of rotatable bonds is 4. The molecule has 0 bridgehead atoms. The summed E-state index contributed by atoms with van der Waals surface area (Å²) in [4.78, 5) is -0.123. The highest BCUT2D eigenvalue weighted by molar-refractivity contribution is 7.89. The summed E-state index contributed by atoms with van der Waals surface area (Å²) < 4.78 is 22.4. The molecule has 1 rings (SSSR count). The summed E-state index contributed by atoms with van der Waals surface area (Å²) >= 11 is 0. The second-order valence-corrected chi connectivity index (χ2v) is 5.02. The Labute approximate surface area is 94.3 Å². The molecule has 6 nitrogen and oxygen atoms in total. The second kappa shape index (κ2) is 4.69. The normalized spacial score (nSPS) is 13.4. The fraction of sp³-hybridized carbons (Fsp3) is 0.333. The van der Waals surface area contributed by atoms with Crippen LogP contribution in [-0.4, -0.2) is 26.2 Å². The van der Waals surface area contributed by atoms with Gasteiger partial charge in [-0.1, -0.05) is 6.07 Å². The molecule has 0 radical (unpaired) electrons. The van der Waals surface area contributed by atoms with Crippen LogP contribution in [0.4, 0.5) is 11.4 Å². The van der Waals surface area contributed by atoms with Crippen LogP contribution in [0.1, 0.15) is 6.92 Å². The minimum atomic E-state index is -3.83. The molecule has 0 fully saturated rings. The van der Waals surface area contributed by atoms with Crippen molar-refractivity contribution in [1.29, 1.82) is 0 Å². The van der Waals surface area contributed by atoms with Crippen LogP contribution in [-0.2, 0) is 10.0 Å². The Morgan fingerprint density at radius 2 is 2.12 bits per heavy atom. The van der Waals surface area contributed by atoms with Gasteiger partial charge in [-0.3, -0.25) is 0 Å². The number of nitrogens with one attached hydrogen (secondary N) is 1. The number of para-hydroxylation sites is 1. The molecule has 16 heavy (non-hydrogen) atoms. The Bertz CT molecular complexity index is 473. The third-order valence-electron chi connectivity index (χ3n) is 2.05. The summed E-state index contributed by atoms with van der Waals surface area (Å²) in [6, 6.07) is 4.26. The predicted molar refractivity (Wildman–Crippen MR) is 62.4 cm³/mol. The quantitative estimate of drug-likeness (QED) is 0.543. The highest BCUT2D eigenvalue weighted by atomic mass is 32.2. The van der Waals surface area contributed by atoms with E-state index in [1.165, 1.54) is 12.1 Å². The summed E-state index contributed by atoms with van der Waals surface area (Å²) in [5.74, 6) is 0. The number of benzene rings is 1. The zero-order valence-corrected chi connectivity index (χ0v) is 9.66. The van der Waals surface area contributed by atoms with Gasteiger partial charge in [-0.15, -0.1) is 0 Å². The Kier molecular flexibility index (Phi) is 3.74. The number of aliphatic hydroxyl groups excluding tert-OH is 1. The lowest BCUT2D eigenvalue weighted by atomic mass is 10.2. The zero-order valence-electron chi connectivity index (χ0n) is 8.84. The van der Waals surface area contributed by atoms with Gasteiger partial charge in [-0.2, -0.15) is 0 Å². The van der Waals surface area contributed by atoms with Crippen molar-refractivity contribution in [2.75, 3.05) is 17.7 Å². The molecule has 0 aliphatic rings. The van der Waals surface area contributed by atoms with Crippen LogP contribution in [0.15, 0.2) is 23.1 Å². The summed E-state index contributed by atoms with van der Waals surface area (Å²) in [6.45, 7) is 1.65. The van der Waals surface area contributed by atoms with Gasteiger partial charge in [0.15, 0.2) is 0 Å². The first-order valence-electron chi connectivity index (χ1n) is 4.65. The molecule has 0 amide bonds. The average molecular weight is 245 g/mol. The van der Waals surface area contributed by atoms with Gasteiger partial charge < -0.3 is 16.2 Å². The molecule has 7 heteroatoms. The minimum Gasteiger partial charge on any atom is -0.396 e. The lowest BCUT2D eigenvalue weighted by Gasteiger charge is -2.15. The average Bonchev–Trinajstić information content (AvgIpc) is 2.19. The van der Waals surface area contributed by atoms with E-state index in [1.807, 2.05) is 0 Å². The lowest BCUT2D eigenvalue weighted by molar-refractivity contribution is 0.281. The van der Waals surface area contributed by atoms with Crippen molar-refractivity contribution in [3.8, 4) is 0 Å². The number of sulfonamides is 1. The van der Waals surface area contributed by atoms with Gasteiger partial charge in [0.2, 0.25) is 10.0 Å². The highest BCUT2D eigenvalue weighted by Crippen LogP contribution is 2.26. The van der Waals surface area contributed by atoms with E-state index in [1.54, 1.807) is 13.0 Å². The molecule has 6 N–H and O–H groups in total. The Balaban J connectivity index is 3.15. The standard InChI is InChI=1S/C9H15N3O3S/c1-6(5-13)12-7-3-2-4-8(9(7)10)16(11,14)15/h2-4,6,12-13H,5,10H2,1H3,(H2,11,14,15). The van der Waals surface area contributed by atoms with Gasteiger partial charge in [0, 0.05) is 6.04 Å². The molecular formula is C9H15N3O3S. The molecular weight excluding hydrogens is 230 g/mol. The second-order valence-electron chi connectivity index (χ2n) is 3.49. The molecule has 1 atom stereocenters. The molecule has 0 saturated carbocycles. The number of aliphatic hydroxyl groups is 1. The van der Waals surface area contributed by atoms with Crippen molar-refractivity contribution < 1.29 is 13.5 Å². The van der Waals surface area contributed by atoms with E-state index in [-0.39, 0.29) is 23.2 Å². The maximum Gasteiger partial charge on any atom is 0.240 e. The van der Waals surface area contributed by atoms with E-state index < -0.39 is 10.0 Å². The van der Waals surface area contributed by atoms with E-state index in [0.717, 1.165) is 0 Å². The van der Waals surface area contributed by atoms with E-state index >= 15 is 0 Å². The first kappa shape index (κ1) is 12.8. The van der Waals surface area contributed by atoms with E-state index in [2.05, 4.69) is 5.32 Å². The van der Waals surface area contributed by atoms with Crippen LogP contribution < -0.4 is 16.2 Å². The van der Waals surface area contributed by atoms with Crippen LogP contribution >= 0.6 is 0 Å². The Hall–Kier alpha value is -1.31. The molecule has 1 unspecified atom stereocenters. The maximum atomic E-state index is 11.2. The Morgan fingerprint density at radius 1 is 1.50 bits per heavy atom. The number of anilines is 2. The molecule has 0 saturated heterocycles. The van der Waals surface area contributed by atoms with Crippen LogP contribution in [0.5, 0.6) is 0 Å². The van der Waals surface area contributed by atoms with Crippen LogP contribution in [0.2, 0.25) is 0 Å². The van der Waals surface area contributed by atoms with Crippen LogP contribution in [0, 0.1) is 0 Å². The molecule has 0 spiro atoms. The summed E-state index contributed by atoms with van der Waals surface area (Å²) in [5, 5.41) is 16.8. The zero-order chi connectivity index (χ0) is 12.3. The highest BCUT2D eigenvalue weighted by Gasteiger charge is 2.15. The fourth-order valence-corrected chi connectivity index (χ4v) is 1.91. The van der Waals surface area contributed by atoms with Gasteiger partial charge in [0.05, 0.1) is 18.0 Å². The summed E-state index contributed by atoms with van der Waals surface area (Å²) in [6.07, 6.45) is 0. The first-order chi connectivity index (χ1) is 7.36. The van der Waals surface area contributed by atoms with Crippen molar-refractivity contribution in [2.45, 2.75) is 17.9 Å². The molecule has 1 aromatic rings. The van der Waals surface area contributed by atoms with Gasteiger partial charge in [0.1, 0.15) is 4.90 Å². The van der Waals surface area contributed by atoms with Gasteiger partial charge in [-0.25, -0.2) is 13.6 Å². The first-order valence-corrected chi connectivity index (χ1v) is 6.19. The predicted octanol–water partition coefficient (Wildman–Crippen LogP) is -0.291. The maximum absolute atomic E-state index is 11.2.